The van der Waals surface area contributed by atoms with E-state index in [1.165, 1.54) is 12.1 Å². The summed E-state index contributed by atoms with van der Waals surface area (Å²) in [5, 5.41) is 3.90. The molecule has 0 aromatic heterocycles. The summed E-state index contributed by atoms with van der Waals surface area (Å²) in [5.74, 6) is -0.239. The molecule has 2 aromatic carbocycles. The molecule has 1 nitrogen and oxygen atoms in total. The third-order valence-electron chi connectivity index (χ3n) is 3.00. The first-order valence-corrected chi connectivity index (χ1v) is 6.19. The largest absolute Gasteiger partial charge is 0.309 e. The van der Waals surface area contributed by atoms with Crippen LogP contribution in [0.25, 0.3) is 0 Å². The van der Waals surface area contributed by atoms with Crippen molar-refractivity contribution < 1.29 is 4.39 Å². The molecule has 0 aliphatic heterocycles. The maximum absolute atomic E-state index is 13.3. The van der Waals surface area contributed by atoms with Gasteiger partial charge >= 0.3 is 0 Å². The van der Waals surface area contributed by atoms with Crippen LogP contribution in [0.15, 0.2) is 42.5 Å². The van der Waals surface area contributed by atoms with Gasteiger partial charge in [0.05, 0.1) is 6.04 Å². The average Bonchev–Trinajstić information content (AvgIpc) is 2.35. The molecule has 0 aliphatic rings. The molecule has 0 amide bonds. The second-order valence-corrected chi connectivity index (χ2v) is 4.63. The topological polar surface area (TPSA) is 12.0 Å². The molecule has 1 unspecified atom stereocenters. The first-order valence-electron chi connectivity index (χ1n) is 5.81. The minimum absolute atomic E-state index is 0.104. The van der Waals surface area contributed by atoms with E-state index in [9.17, 15) is 4.39 Å². The van der Waals surface area contributed by atoms with Crippen LogP contribution >= 0.6 is 11.6 Å². The predicted molar refractivity (Wildman–Crippen MR) is 73.5 cm³/mol. The molecule has 0 heterocycles. The molecule has 94 valence electrons. The summed E-state index contributed by atoms with van der Waals surface area (Å²) in [6.07, 6.45) is 0. The van der Waals surface area contributed by atoms with Crippen LogP contribution in [0.4, 0.5) is 4.39 Å². The van der Waals surface area contributed by atoms with Gasteiger partial charge in [-0.05, 0) is 42.8 Å². The van der Waals surface area contributed by atoms with Gasteiger partial charge in [-0.3, -0.25) is 0 Å². The average molecular weight is 264 g/mol. The monoisotopic (exact) mass is 263 g/mol. The summed E-state index contributed by atoms with van der Waals surface area (Å²) in [5.41, 5.74) is 2.85. The summed E-state index contributed by atoms with van der Waals surface area (Å²) in [6.45, 7) is 1.96. The lowest BCUT2D eigenvalue weighted by Gasteiger charge is -2.19. The summed E-state index contributed by atoms with van der Waals surface area (Å²) in [4.78, 5) is 0. The van der Waals surface area contributed by atoms with E-state index in [0.29, 0.717) is 0 Å². The van der Waals surface area contributed by atoms with E-state index in [0.717, 1.165) is 21.7 Å². The van der Waals surface area contributed by atoms with Crippen molar-refractivity contribution in [2.75, 3.05) is 7.05 Å². The summed E-state index contributed by atoms with van der Waals surface area (Å²) in [7, 11) is 1.84. The molecule has 2 aromatic rings. The molecule has 18 heavy (non-hydrogen) atoms. The molecule has 0 saturated heterocycles. The van der Waals surface area contributed by atoms with E-state index in [4.69, 9.17) is 11.6 Å². The van der Waals surface area contributed by atoms with E-state index in [1.807, 2.05) is 38.2 Å². The summed E-state index contributed by atoms with van der Waals surface area (Å²) in [6, 6.07) is 12.3. The Hall–Kier alpha value is -1.38. The van der Waals surface area contributed by atoms with Gasteiger partial charge in [-0.2, -0.15) is 0 Å². The smallest absolute Gasteiger partial charge is 0.123 e. The van der Waals surface area contributed by atoms with Gasteiger partial charge in [0.25, 0.3) is 0 Å². The third-order valence-corrected chi connectivity index (χ3v) is 3.52. The summed E-state index contributed by atoms with van der Waals surface area (Å²) >= 11 is 6.32. The first kappa shape index (κ1) is 13.1. The van der Waals surface area contributed by atoms with Crippen molar-refractivity contribution in [3.63, 3.8) is 0 Å². The van der Waals surface area contributed by atoms with Crippen molar-refractivity contribution in [3.8, 4) is 0 Å². The Morgan fingerprint density at radius 1 is 1.17 bits per heavy atom. The molecule has 0 fully saturated rings. The van der Waals surface area contributed by atoms with Crippen molar-refractivity contribution in [2.45, 2.75) is 13.0 Å². The van der Waals surface area contributed by atoms with Crippen molar-refractivity contribution in [3.05, 3.63) is 70.0 Å². The lowest BCUT2D eigenvalue weighted by molar-refractivity contribution is 0.616. The van der Waals surface area contributed by atoms with Gasteiger partial charge in [0.1, 0.15) is 5.82 Å². The van der Waals surface area contributed by atoms with Crippen LogP contribution in [0.5, 0.6) is 0 Å². The quantitative estimate of drug-likeness (QED) is 0.879. The highest BCUT2D eigenvalue weighted by molar-refractivity contribution is 6.32. The number of aryl methyl sites for hydroxylation is 1. The van der Waals surface area contributed by atoms with Crippen LogP contribution < -0.4 is 5.32 Å². The van der Waals surface area contributed by atoms with Crippen LogP contribution in [0.2, 0.25) is 5.02 Å². The maximum Gasteiger partial charge on any atom is 0.123 e. The van der Waals surface area contributed by atoms with Gasteiger partial charge < -0.3 is 5.32 Å². The standard InChI is InChI=1S/C15H15ClFN/c1-10-5-3-8-13(14(10)16)15(18-2)11-6-4-7-12(17)9-11/h3-9,15,18H,1-2H3. The Kier molecular flexibility index (Phi) is 4.00. The second-order valence-electron chi connectivity index (χ2n) is 4.25. The molecule has 0 saturated carbocycles. The number of nitrogens with one attached hydrogen (secondary N) is 1. The molecule has 0 radical (unpaired) electrons. The molecule has 1 atom stereocenters. The second kappa shape index (κ2) is 5.51. The predicted octanol–water partition coefficient (Wildman–Crippen LogP) is 4.10. The zero-order valence-corrected chi connectivity index (χ0v) is 11.1. The Morgan fingerprint density at radius 2 is 1.89 bits per heavy atom. The minimum atomic E-state index is -0.239. The van der Waals surface area contributed by atoms with Crippen molar-refractivity contribution in [2.24, 2.45) is 0 Å². The fourth-order valence-corrected chi connectivity index (χ4v) is 2.32. The summed E-state index contributed by atoms with van der Waals surface area (Å²) < 4.78 is 13.3. The van der Waals surface area contributed by atoms with Gasteiger partial charge in [0, 0.05) is 5.02 Å². The molecule has 2 rings (SSSR count). The van der Waals surface area contributed by atoms with Gasteiger partial charge in [-0.25, -0.2) is 4.39 Å². The zero-order chi connectivity index (χ0) is 13.1. The molecule has 0 spiro atoms. The van der Waals surface area contributed by atoms with E-state index in [1.54, 1.807) is 6.07 Å². The lowest BCUT2D eigenvalue weighted by atomic mass is 9.97. The van der Waals surface area contributed by atoms with Crippen LogP contribution in [0, 0.1) is 12.7 Å². The van der Waals surface area contributed by atoms with Gasteiger partial charge in [0.15, 0.2) is 0 Å². The fraction of sp³-hybridized carbons (Fsp3) is 0.200. The van der Waals surface area contributed by atoms with Crippen LogP contribution in [-0.2, 0) is 0 Å². The number of benzene rings is 2. The number of hydrogen-bond donors (Lipinski definition) is 1. The van der Waals surface area contributed by atoms with Crippen LogP contribution in [0.3, 0.4) is 0 Å². The van der Waals surface area contributed by atoms with Crippen LogP contribution in [0.1, 0.15) is 22.7 Å². The molecular weight excluding hydrogens is 249 g/mol. The van der Waals surface area contributed by atoms with Gasteiger partial charge in [0.2, 0.25) is 0 Å². The first-order chi connectivity index (χ1) is 8.63. The normalized spacial score (nSPS) is 12.4. The molecule has 3 heteroatoms. The SMILES string of the molecule is CNC(c1cccc(F)c1)c1cccc(C)c1Cl. The molecule has 0 bridgehead atoms. The number of rotatable bonds is 3. The Morgan fingerprint density at radius 3 is 2.56 bits per heavy atom. The Labute approximate surface area is 112 Å². The van der Waals surface area contributed by atoms with Gasteiger partial charge in [-0.15, -0.1) is 0 Å². The van der Waals surface area contributed by atoms with E-state index in [2.05, 4.69) is 5.32 Å². The van der Waals surface area contributed by atoms with E-state index < -0.39 is 0 Å². The Bertz CT molecular complexity index is 554. The molecular formula is C15H15ClFN. The van der Waals surface area contributed by atoms with E-state index in [-0.39, 0.29) is 11.9 Å². The fourth-order valence-electron chi connectivity index (χ4n) is 2.08. The zero-order valence-electron chi connectivity index (χ0n) is 10.4. The van der Waals surface area contributed by atoms with Crippen molar-refractivity contribution in [1.29, 1.82) is 0 Å². The molecule has 1 N–H and O–H groups in total. The highest BCUT2D eigenvalue weighted by atomic mass is 35.5. The van der Waals surface area contributed by atoms with Gasteiger partial charge in [-0.1, -0.05) is 41.9 Å². The van der Waals surface area contributed by atoms with Crippen molar-refractivity contribution in [1.82, 2.24) is 5.32 Å². The number of hydrogen-bond acceptors (Lipinski definition) is 1. The van der Waals surface area contributed by atoms with Crippen molar-refractivity contribution >= 4 is 11.6 Å². The minimum Gasteiger partial charge on any atom is -0.309 e. The van der Waals surface area contributed by atoms with E-state index >= 15 is 0 Å². The highest BCUT2D eigenvalue weighted by Crippen LogP contribution is 2.30. The maximum atomic E-state index is 13.3. The molecule has 0 aliphatic carbocycles. The van der Waals surface area contributed by atoms with Crippen LogP contribution in [-0.4, -0.2) is 7.05 Å². The highest BCUT2D eigenvalue weighted by Gasteiger charge is 2.16. The Balaban J connectivity index is 2.49. The third kappa shape index (κ3) is 2.55. The number of halogens is 2. The lowest BCUT2D eigenvalue weighted by Crippen LogP contribution is -2.18.